The monoisotopic (exact) mass is 465 g/mol. The standard InChI is InChI=1S/C24H32FNO5S/c1-17(2)32(28,29)31-22-13-19(9-12-21(22)30-6)16-26(23(27)14-24(3,4)5)15-18-7-10-20(25)11-8-18/h7-13,17H,14-16H2,1-6H3. The lowest BCUT2D eigenvalue weighted by atomic mass is 9.91. The van der Waals surface area contributed by atoms with Crippen LogP contribution in [-0.2, 0) is 28.0 Å². The van der Waals surface area contributed by atoms with E-state index in [-0.39, 0.29) is 35.2 Å². The smallest absolute Gasteiger partial charge is 0.311 e. The Balaban J connectivity index is 2.35. The normalized spacial score (nSPS) is 12.0. The molecule has 176 valence electrons. The molecule has 0 aromatic heterocycles. The summed E-state index contributed by atoms with van der Waals surface area (Å²) in [4.78, 5) is 14.7. The van der Waals surface area contributed by atoms with Crippen molar-refractivity contribution in [2.24, 2.45) is 5.41 Å². The molecular weight excluding hydrogens is 433 g/mol. The number of amides is 1. The van der Waals surface area contributed by atoms with Crippen molar-refractivity contribution in [1.82, 2.24) is 4.90 Å². The van der Waals surface area contributed by atoms with Crippen LogP contribution in [0.15, 0.2) is 42.5 Å². The number of nitrogens with zero attached hydrogens (tertiary/aromatic N) is 1. The van der Waals surface area contributed by atoms with Crippen molar-refractivity contribution >= 4 is 16.0 Å². The van der Waals surface area contributed by atoms with Crippen molar-refractivity contribution in [1.29, 1.82) is 0 Å². The first-order chi connectivity index (χ1) is 14.8. The third kappa shape index (κ3) is 7.51. The summed E-state index contributed by atoms with van der Waals surface area (Å²) in [6.45, 7) is 9.53. The van der Waals surface area contributed by atoms with Gasteiger partial charge in [-0.2, -0.15) is 8.42 Å². The lowest BCUT2D eigenvalue weighted by molar-refractivity contribution is -0.134. The van der Waals surface area contributed by atoms with Gasteiger partial charge in [-0.3, -0.25) is 4.79 Å². The summed E-state index contributed by atoms with van der Waals surface area (Å²) in [5.74, 6) is -0.0488. The Bertz CT molecular complexity index is 1030. The topological polar surface area (TPSA) is 72.9 Å². The Kier molecular flexibility index (Phi) is 8.29. The van der Waals surface area contributed by atoms with E-state index in [0.29, 0.717) is 18.5 Å². The van der Waals surface area contributed by atoms with Crippen molar-refractivity contribution in [3.05, 3.63) is 59.4 Å². The lowest BCUT2D eigenvalue weighted by Crippen LogP contribution is -2.32. The zero-order valence-electron chi connectivity index (χ0n) is 19.5. The van der Waals surface area contributed by atoms with E-state index in [2.05, 4.69) is 0 Å². The molecule has 0 spiro atoms. The highest BCUT2D eigenvalue weighted by atomic mass is 32.2. The SMILES string of the molecule is COc1ccc(CN(Cc2ccc(F)cc2)C(=O)CC(C)(C)C)cc1OS(=O)(=O)C(C)C. The van der Waals surface area contributed by atoms with E-state index in [1.807, 2.05) is 20.8 Å². The van der Waals surface area contributed by atoms with Crippen LogP contribution in [0.25, 0.3) is 0 Å². The molecule has 2 rings (SSSR count). The summed E-state index contributed by atoms with van der Waals surface area (Å²) >= 11 is 0. The Morgan fingerprint density at radius 2 is 1.56 bits per heavy atom. The van der Waals surface area contributed by atoms with Gasteiger partial charge in [0.1, 0.15) is 5.82 Å². The molecule has 0 unspecified atom stereocenters. The molecule has 0 radical (unpaired) electrons. The second-order valence-corrected chi connectivity index (χ2v) is 11.3. The van der Waals surface area contributed by atoms with E-state index in [0.717, 1.165) is 5.56 Å². The molecule has 2 aromatic carbocycles. The highest BCUT2D eigenvalue weighted by Crippen LogP contribution is 2.31. The summed E-state index contributed by atoms with van der Waals surface area (Å²) in [5, 5.41) is -0.723. The van der Waals surface area contributed by atoms with Crippen molar-refractivity contribution < 1.29 is 26.5 Å². The average Bonchev–Trinajstić information content (AvgIpc) is 2.67. The van der Waals surface area contributed by atoms with Crippen molar-refractivity contribution in [3.63, 3.8) is 0 Å². The van der Waals surface area contributed by atoms with E-state index in [1.54, 1.807) is 35.2 Å². The number of benzene rings is 2. The number of carbonyl (C=O) groups is 1. The minimum atomic E-state index is -3.82. The van der Waals surface area contributed by atoms with Crippen LogP contribution >= 0.6 is 0 Å². The van der Waals surface area contributed by atoms with Gasteiger partial charge < -0.3 is 13.8 Å². The summed E-state index contributed by atoms with van der Waals surface area (Å²) in [7, 11) is -2.39. The Morgan fingerprint density at radius 1 is 1.00 bits per heavy atom. The third-order valence-electron chi connectivity index (χ3n) is 4.71. The van der Waals surface area contributed by atoms with Gasteiger partial charge in [-0.15, -0.1) is 0 Å². The van der Waals surface area contributed by atoms with Crippen LogP contribution in [0.1, 0.15) is 52.2 Å². The van der Waals surface area contributed by atoms with E-state index in [9.17, 15) is 17.6 Å². The maximum Gasteiger partial charge on any atom is 0.311 e. The van der Waals surface area contributed by atoms with E-state index < -0.39 is 15.4 Å². The van der Waals surface area contributed by atoms with Crippen LogP contribution in [0.2, 0.25) is 0 Å². The summed E-state index contributed by atoms with van der Waals surface area (Å²) in [5.41, 5.74) is 1.27. The first kappa shape index (κ1) is 25.6. The number of halogens is 1. The second kappa shape index (κ2) is 10.3. The van der Waals surface area contributed by atoms with Crippen LogP contribution in [0, 0.1) is 11.2 Å². The highest BCUT2D eigenvalue weighted by Gasteiger charge is 2.24. The molecule has 8 heteroatoms. The second-order valence-electron chi connectivity index (χ2n) is 9.22. The maximum atomic E-state index is 13.3. The molecule has 0 aliphatic carbocycles. The predicted molar refractivity (Wildman–Crippen MR) is 122 cm³/mol. The Morgan fingerprint density at radius 3 is 2.09 bits per heavy atom. The first-order valence-corrected chi connectivity index (χ1v) is 11.9. The van der Waals surface area contributed by atoms with Gasteiger partial charge >= 0.3 is 10.1 Å². The van der Waals surface area contributed by atoms with Gasteiger partial charge in [0, 0.05) is 19.5 Å². The molecule has 32 heavy (non-hydrogen) atoms. The molecule has 2 aromatic rings. The van der Waals surface area contributed by atoms with Crippen LogP contribution in [0.5, 0.6) is 11.5 Å². The lowest BCUT2D eigenvalue weighted by Gasteiger charge is -2.27. The molecule has 1 amide bonds. The molecular formula is C24H32FNO5S. The van der Waals surface area contributed by atoms with Crippen molar-refractivity contribution in [2.45, 2.75) is 59.4 Å². The van der Waals surface area contributed by atoms with Crippen molar-refractivity contribution in [2.75, 3.05) is 7.11 Å². The number of carbonyl (C=O) groups excluding carboxylic acids is 1. The maximum absolute atomic E-state index is 13.3. The molecule has 0 aliphatic rings. The predicted octanol–water partition coefficient (Wildman–Crippen LogP) is 4.92. The van der Waals surface area contributed by atoms with Gasteiger partial charge in [0.2, 0.25) is 5.91 Å². The molecule has 0 atom stereocenters. The summed E-state index contributed by atoms with van der Waals surface area (Å²) in [6.07, 6.45) is 0.329. The zero-order chi connectivity index (χ0) is 24.1. The third-order valence-corrected chi connectivity index (χ3v) is 6.27. The molecule has 0 saturated carbocycles. The summed E-state index contributed by atoms with van der Waals surface area (Å²) < 4.78 is 48.4. The van der Waals surface area contributed by atoms with Crippen LogP contribution in [0.3, 0.4) is 0 Å². The molecule has 0 aliphatic heterocycles. The number of rotatable bonds is 9. The Labute approximate surface area is 190 Å². The molecule has 0 bridgehead atoms. The van der Waals surface area contributed by atoms with Gasteiger partial charge in [-0.1, -0.05) is 39.0 Å². The number of hydrogen-bond donors (Lipinski definition) is 0. The van der Waals surface area contributed by atoms with E-state index >= 15 is 0 Å². The first-order valence-electron chi connectivity index (χ1n) is 10.4. The number of methoxy groups -OCH3 is 1. The molecule has 0 saturated heterocycles. The van der Waals surface area contributed by atoms with Crippen molar-refractivity contribution in [3.8, 4) is 11.5 Å². The fourth-order valence-corrected chi connectivity index (χ4v) is 3.51. The minimum absolute atomic E-state index is 0.0603. The molecule has 6 nitrogen and oxygen atoms in total. The molecule has 0 N–H and O–H groups in total. The van der Waals surface area contributed by atoms with E-state index in [4.69, 9.17) is 8.92 Å². The van der Waals surface area contributed by atoms with Gasteiger partial charge in [-0.25, -0.2) is 4.39 Å². The summed E-state index contributed by atoms with van der Waals surface area (Å²) in [6, 6.07) is 11.0. The Hall–Kier alpha value is -2.61. The van der Waals surface area contributed by atoms with Gasteiger partial charge in [0.05, 0.1) is 12.4 Å². The van der Waals surface area contributed by atoms with E-state index in [1.165, 1.54) is 33.1 Å². The zero-order valence-corrected chi connectivity index (χ0v) is 20.3. The van der Waals surface area contributed by atoms with Gasteiger partial charge in [-0.05, 0) is 54.7 Å². The number of ether oxygens (including phenoxy) is 1. The fraction of sp³-hybridized carbons (Fsp3) is 0.458. The average molecular weight is 466 g/mol. The largest absolute Gasteiger partial charge is 0.493 e. The fourth-order valence-electron chi connectivity index (χ4n) is 2.93. The molecule has 0 fully saturated rings. The van der Waals surface area contributed by atoms with Crippen LogP contribution in [0.4, 0.5) is 4.39 Å². The number of hydrogen-bond acceptors (Lipinski definition) is 5. The van der Waals surface area contributed by atoms with Gasteiger partial charge in [0.25, 0.3) is 0 Å². The highest BCUT2D eigenvalue weighted by molar-refractivity contribution is 7.87. The van der Waals surface area contributed by atoms with Crippen LogP contribution < -0.4 is 8.92 Å². The molecule has 0 heterocycles. The quantitative estimate of drug-likeness (QED) is 0.492. The van der Waals surface area contributed by atoms with Gasteiger partial charge in [0.15, 0.2) is 11.5 Å². The minimum Gasteiger partial charge on any atom is -0.493 e. The van der Waals surface area contributed by atoms with Crippen LogP contribution in [-0.4, -0.2) is 31.6 Å².